The topological polar surface area (TPSA) is 87.5 Å². The lowest BCUT2D eigenvalue weighted by Gasteiger charge is -2.16. The number of pyridine rings is 1. The fraction of sp³-hybridized carbons (Fsp3) is 0.345. The normalized spacial score (nSPS) is 15.6. The van der Waals surface area contributed by atoms with Gasteiger partial charge in [0.05, 0.1) is 11.7 Å². The molecule has 3 heterocycles. The third-order valence-corrected chi connectivity index (χ3v) is 8.22. The summed E-state index contributed by atoms with van der Waals surface area (Å²) in [6, 6.07) is 18.9. The minimum atomic E-state index is -1.12. The van der Waals surface area contributed by atoms with Crippen LogP contribution in [0.1, 0.15) is 12.8 Å². The maximum atomic E-state index is 11.4. The molecule has 1 aliphatic heterocycles. The van der Waals surface area contributed by atoms with E-state index < -0.39 is 8.07 Å². The highest BCUT2D eigenvalue weighted by Gasteiger charge is 2.21. The molecule has 0 saturated carbocycles. The minimum absolute atomic E-state index is 0.0336. The zero-order valence-electron chi connectivity index (χ0n) is 22.1. The third kappa shape index (κ3) is 6.59. The van der Waals surface area contributed by atoms with Gasteiger partial charge in [-0.2, -0.15) is 5.10 Å². The largest absolute Gasteiger partial charge is 0.475 e. The molecule has 0 radical (unpaired) electrons. The van der Waals surface area contributed by atoms with Gasteiger partial charge in [-0.25, -0.2) is 9.67 Å². The van der Waals surface area contributed by atoms with Gasteiger partial charge in [-0.05, 0) is 72.4 Å². The maximum absolute atomic E-state index is 11.4. The van der Waals surface area contributed by atoms with E-state index in [2.05, 4.69) is 35.0 Å². The Balaban J connectivity index is 1.21. The van der Waals surface area contributed by atoms with Crippen LogP contribution in [-0.4, -0.2) is 48.0 Å². The Morgan fingerprint density at radius 3 is 2.61 bits per heavy atom. The molecule has 1 atom stereocenters. The fourth-order valence-electron chi connectivity index (χ4n) is 4.33. The summed E-state index contributed by atoms with van der Waals surface area (Å²) in [4.78, 5) is 15.8. The lowest BCUT2D eigenvalue weighted by molar-refractivity contribution is -0.119. The van der Waals surface area contributed by atoms with Crippen molar-refractivity contribution < 1.29 is 19.0 Å². The Bertz CT molecular complexity index is 1400. The Labute approximate surface area is 223 Å². The minimum Gasteiger partial charge on any atom is -0.475 e. The molecule has 198 valence electrons. The van der Waals surface area contributed by atoms with Crippen molar-refractivity contribution in [3.8, 4) is 28.6 Å². The van der Waals surface area contributed by atoms with E-state index >= 15 is 0 Å². The summed E-state index contributed by atoms with van der Waals surface area (Å²) in [5.41, 5.74) is 2.06. The third-order valence-electron chi connectivity index (χ3n) is 6.52. The van der Waals surface area contributed by atoms with Crippen molar-refractivity contribution in [2.75, 3.05) is 13.2 Å². The summed E-state index contributed by atoms with van der Waals surface area (Å²) in [6.07, 6.45) is 4.86. The van der Waals surface area contributed by atoms with Gasteiger partial charge in [-0.1, -0.05) is 19.6 Å². The lowest BCUT2D eigenvalue weighted by atomic mass is 10.1. The number of carbonyl (C=O) groups is 1. The van der Waals surface area contributed by atoms with E-state index in [1.807, 2.05) is 59.3 Å². The Morgan fingerprint density at radius 2 is 1.84 bits per heavy atom. The number of aromatic nitrogens is 3. The molecule has 1 saturated heterocycles. The monoisotopic (exact) mass is 530 g/mol. The van der Waals surface area contributed by atoms with Crippen LogP contribution in [0.5, 0.6) is 17.4 Å². The van der Waals surface area contributed by atoms with Gasteiger partial charge >= 0.3 is 0 Å². The maximum Gasteiger partial charge on any atom is 0.221 e. The van der Waals surface area contributed by atoms with Gasteiger partial charge in [0.15, 0.2) is 0 Å². The molecule has 1 amide bonds. The number of hydrogen-bond acceptors (Lipinski definition) is 6. The van der Waals surface area contributed by atoms with Crippen LogP contribution in [-0.2, 0) is 16.3 Å². The molecule has 4 aromatic rings. The summed E-state index contributed by atoms with van der Waals surface area (Å²) in [5, 5.41) is 9.22. The average Bonchev–Trinajstić information content (AvgIpc) is 3.54. The summed E-state index contributed by atoms with van der Waals surface area (Å²) in [6.45, 7) is 8.66. The molecule has 1 aliphatic rings. The van der Waals surface area contributed by atoms with Crippen LogP contribution in [0.4, 0.5) is 0 Å². The number of benzene rings is 2. The van der Waals surface area contributed by atoms with Gasteiger partial charge in [0.1, 0.15) is 24.8 Å². The van der Waals surface area contributed by atoms with Crippen LogP contribution in [0, 0.1) is 0 Å². The SMILES string of the molecule is C[Si](C)(C)CCOCn1nccc1-c1ccc(Oc2ccc3c(OCC4CCC(=O)N4)nccc3c2)cc1. The van der Waals surface area contributed by atoms with Crippen LogP contribution in [0.15, 0.2) is 67.0 Å². The first kappa shape index (κ1) is 25.9. The van der Waals surface area contributed by atoms with Crippen molar-refractivity contribution in [1.29, 1.82) is 0 Å². The second kappa shape index (κ2) is 11.4. The molecular weight excluding hydrogens is 496 g/mol. The van der Waals surface area contributed by atoms with Crippen molar-refractivity contribution in [1.82, 2.24) is 20.1 Å². The van der Waals surface area contributed by atoms with E-state index in [-0.39, 0.29) is 11.9 Å². The summed E-state index contributed by atoms with van der Waals surface area (Å²) >= 11 is 0. The van der Waals surface area contributed by atoms with Crippen molar-refractivity contribution >= 4 is 24.8 Å². The van der Waals surface area contributed by atoms with Crippen molar-refractivity contribution in [3.05, 3.63) is 67.0 Å². The molecule has 2 aromatic heterocycles. The lowest BCUT2D eigenvalue weighted by Crippen LogP contribution is -2.31. The smallest absolute Gasteiger partial charge is 0.221 e. The number of amides is 1. The molecular formula is C29H34N4O4Si. The number of hydrogen-bond donors (Lipinski definition) is 1. The molecule has 0 bridgehead atoms. The van der Waals surface area contributed by atoms with E-state index in [0.29, 0.717) is 25.6 Å². The van der Waals surface area contributed by atoms with E-state index in [1.165, 1.54) is 0 Å². The first-order valence-corrected chi connectivity index (χ1v) is 16.7. The van der Waals surface area contributed by atoms with Crippen LogP contribution in [0.3, 0.4) is 0 Å². The molecule has 0 spiro atoms. The molecule has 2 aromatic carbocycles. The second-order valence-corrected chi connectivity index (χ2v) is 16.4. The van der Waals surface area contributed by atoms with Gasteiger partial charge in [-0.3, -0.25) is 4.79 Å². The highest BCUT2D eigenvalue weighted by molar-refractivity contribution is 6.76. The quantitative estimate of drug-likeness (QED) is 0.193. The fourth-order valence-corrected chi connectivity index (χ4v) is 5.09. The van der Waals surface area contributed by atoms with Crippen LogP contribution in [0.2, 0.25) is 25.7 Å². The van der Waals surface area contributed by atoms with Crippen LogP contribution in [0.25, 0.3) is 22.0 Å². The van der Waals surface area contributed by atoms with Gasteiger partial charge in [0, 0.05) is 44.4 Å². The number of nitrogens with one attached hydrogen (secondary N) is 1. The Hall–Kier alpha value is -3.69. The predicted octanol–water partition coefficient (Wildman–Crippen LogP) is 5.86. The Morgan fingerprint density at radius 1 is 1.03 bits per heavy atom. The van der Waals surface area contributed by atoms with Gasteiger partial charge in [0.2, 0.25) is 11.8 Å². The molecule has 5 rings (SSSR count). The van der Waals surface area contributed by atoms with Crippen LogP contribution < -0.4 is 14.8 Å². The number of fused-ring (bicyclic) bond motifs is 1. The number of nitrogens with zero attached hydrogens (tertiary/aromatic N) is 3. The standard InChI is InChI=1S/C29H34N4O4Si/c1-38(2,3)17-16-35-20-33-27(13-15-31-33)21-4-7-24(8-5-21)37-25-9-10-26-22(18-25)12-14-30-29(26)36-19-23-6-11-28(34)32-23/h4-5,7-10,12-15,18,23H,6,11,16-17,19-20H2,1-3H3,(H,32,34). The zero-order chi connectivity index (χ0) is 26.5. The predicted molar refractivity (Wildman–Crippen MR) is 150 cm³/mol. The van der Waals surface area contributed by atoms with Gasteiger partial charge in [0.25, 0.3) is 0 Å². The van der Waals surface area contributed by atoms with E-state index in [1.54, 1.807) is 12.4 Å². The molecule has 8 nitrogen and oxygen atoms in total. The molecule has 1 N–H and O–H groups in total. The molecule has 9 heteroatoms. The number of rotatable bonds is 11. The second-order valence-electron chi connectivity index (χ2n) is 10.8. The highest BCUT2D eigenvalue weighted by Crippen LogP contribution is 2.31. The summed E-state index contributed by atoms with van der Waals surface area (Å²) < 4.78 is 19.8. The molecule has 1 unspecified atom stereocenters. The summed E-state index contributed by atoms with van der Waals surface area (Å²) in [7, 11) is -1.12. The van der Waals surface area contributed by atoms with Gasteiger partial charge in [-0.15, -0.1) is 0 Å². The average molecular weight is 531 g/mol. The Kier molecular flexibility index (Phi) is 7.76. The number of carbonyl (C=O) groups excluding carboxylic acids is 1. The van der Waals surface area contributed by atoms with Gasteiger partial charge < -0.3 is 19.5 Å². The van der Waals surface area contributed by atoms with Crippen molar-refractivity contribution in [3.63, 3.8) is 0 Å². The first-order valence-electron chi connectivity index (χ1n) is 13.0. The molecule has 1 fully saturated rings. The van der Waals surface area contributed by atoms with E-state index in [4.69, 9.17) is 14.2 Å². The molecule has 0 aliphatic carbocycles. The van der Waals surface area contributed by atoms with Crippen molar-refractivity contribution in [2.24, 2.45) is 0 Å². The van der Waals surface area contributed by atoms with E-state index in [0.717, 1.165) is 52.6 Å². The number of ether oxygens (including phenoxy) is 3. The van der Waals surface area contributed by atoms with Crippen molar-refractivity contribution in [2.45, 2.75) is 51.3 Å². The first-order chi connectivity index (χ1) is 18.3. The highest BCUT2D eigenvalue weighted by atomic mass is 28.3. The van der Waals surface area contributed by atoms with Crippen LogP contribution >= 0.6 is 0 Å². The summed E-state index contributed by atoms with van der Waals surface area (Å²) in [5.74, 6) is 2.10. The zero-order valence-corrected chi connectivity index (χ0v) is 23.1. The van der Waals surface area contributed by atoms with E-state index in [9.17, 15) is 4.79 Å². The molecule has 38 heavy (non-hydrogen) atoms.